The summed E-state index contributed by atoms with van der Waals surface area (Å²) in [6.45, 7) is 0. The molecule has 1 aliphatic rings. The number of anilines is 1. The number of hydrogen-bond donors (Lipinski definition) is 0. The summed E-state index contributed by atoms with van der Waals surface area (Å²) in [6, 6.07) is 4.96. The average molecular weight is 282 g/mol. The molecule has 2 rings (SSSR count). The molecule has 1 fully saturated rings. The normalized spacial score (nSPS) is 19.0. The number of hydrogen-bond acceptors (Lipinski definition) is 5. The Morgan fingerprint density at radius 1 is 1.37 bits per heavy atom. The Hall–Kier alpha value is -1.89. The summed E-state index contributed by atoms with van der Waals surface area (Å²) in [6.07, 6.45) is -0.0614. The maximum Gasteiger partial charge on any atom is 0.247 e. The molecular weight excluding hydrogens is 273 g/mol. The SMILES string of the molecule is O=C([O-])CS[C@@H]1CC(=O)N(c2ccc(F)cc2)C1=O. The van der Waals surface area contributed by atoms with E-state index >= 15 is 0 Å². The van der Waals surface area contributed by atoms with Gasteiger partial charge in [0.2, 0.25) is 11.8 Å². The fraction of sp³-hybridized carbons (Fsp3) is 0.250. The minimum atomic E-state index is -1.29. The van der Waals surface area contributed by atoms with E-state index in [1.165, 1.54) is 12.1 Å². The molecule has 0 unspecified atom stereocenters. The van der Waals surface area contributed by atoms with Crippen LogP contribution in [0.15, 0.2) is 24.3 Å². The van der Waals surface area contributed by atoms with E-state index in [0.29, 0.717) is 0 Å². The van der Waals surface area contributed by atoms with Crippen molar-refractivity contribution in [1.82, 2.24) is 0 Å². The number of amides is 2. The van der Waals surface area contributed by atoms with Crippen LogP contribution in [-0.4, -0.2) is 28.8 Å². The molecule has 1 heterocycles. The summed E-state index contributed by atoms with van der Waals surface area (Å²) in [5, 5.41) is 9.62. The number of aliphatic carboxylic acids is 1. The monoisotopic (exact) mass is 282 g/mol. The van der Waals surface area contributed by atoms with E-state index in [1.54, 1.807) is 0 Å². The zero-order chi connectivity index (χ0) is 14.0. The van der Waals surface area contributed by atoms with Gasteiger partial charge in [-0.25, -0.2) is 9.29 Å². The van der Waals surface area contributed by atoms with Crippen LogP contribution in [0.2, 0.25) is 0 Å². The van der Waals surface area contributed by atoms with Crippen LogP contribution < -0.4 is 10.0 Å². The maximum atomic E-state index is 12.8. The predicted molar refractivity (Wildman–Crippen MR) is 64.8 cm³/mol. The van der Waals surface area contributed by atoms with Gasteiger partial charge in [-0.15, -0.1) is 11.8 Å². The van der Waals surface area contributed by atoms with E-state index in [1.807, 2.05) is 0 Å². The molecule has 1 aromatic rings. The first-order chi connectivity index (χ1) is 8.99. The zero-order valence-corrected chi connectivity index (χ0v) is 10.5. The number of carbonyl (C=O) groups is 3. The minimum Gasteiger partial charge on any atom is -0.549 e. The van der Waals surface area contributed by atoms with Crippen molar-refractivity contribution in [2.45, 2.75) is 11.7 Å². The van der Waals surface area contributed by atoms with Crippen molar-refractivity contribution in [2.24, 2.45) is 0 Å². The van der Waals surface area contributed by atoms with Crippen molar-refractivity contribution in [2.75, 3.05) is 10.7 Å². The van der Waals surface area contributed by atoms with Gasteiger partial charge in [-0.1, -0.05) is 0 Å². The molecule has 0 aromatic heterocycles. The number of carboxylic acid groups (broad SMARTS) is 1. The van der Waals surface area contributed by atoms with Gasteiger partial charge in [0.1, 0.15) is 5.82 Å². The molecule has 1 saturated heterocycles. The second kappa shape index (κ2) is 5.40. The second-order valence-corrected chi connectivity index (χ2v) is 5.11. The predicted octanol–water partition coefficient (Wildman–Crippen LogP) is -0.0593. The largest absolute Gasteiger partial charge is 0.549 e. The minimum absolute atomic E-state index is 0.0614. The number of imide groups is 1. The third kappa shape index (κ3) is 2.93. The molecule has 2 amide bonds. The lowest BCUT2D eigenvalue weighted by Gasteiger charge is -2.14. The fourth-order valence-electron chi connectivity index (χ4n) is 1.76. The van der Waals surface area contributed by atoms with Gasteiger partial charge in [0.15, 0.2) is 0 Å². The van der Waals surface area contributed by atoms with Crippen molar-refractivity contribution in [3.63, 3.8) is 0 Å². The molecule has 0 radical (unpaired) electrons. The first kappa shape index (κ1) is 13.5. The first-order valence-electron chi connectivity index (χ1n) is 5.43. The van der Waals surface area contributed by atoms with Gasteiger partial charge in [0.25, 0.3) is 0 Å². The third-order valence-corrected chi connectivity index (χ3v) is 3.77. The number of rotatable bonds is 4. The van der Waals surface area contributed by atoms with E-state index < -0.39 is 28.9 Å². The van der Waals surface area contributed by atoms with Crippen LogP contribution in [-0.2, 0) is 14.4 Å². The molecule has 1 atom stereocenters. The van der Waals surface area contributed by atoms with E-state index in [-0.39, 0.29) is 17.9 Å². The van der Waals surface area contributed by atoms with Crippen LogP contribution in [0.5, 0.6) is 0 Å². The van der Waals surface area contributed by atoms with Crippen molar-refractivity contribution >= 4 is 35.2 Å². The second-order valence-electron chi connectivity index (χ2n) is 3.92. The number of carboxylic acids is 1. The Labute approximate surface area is 112 Å². The van der Waals surface area contributed by atoms with Crippen LogP contribution in [0.4, 0.5) is 10.1 Å². The number of thioether (sulfide) groups is 1. The number of halogens is 1. The molecule has 5 nitrogen and oxygen atoms in total. The van der Waals surface area contributed by atoms with Crippen molar-refractivity contribution in [3.05, 3.63) is 30.1 Å². The molecule has 0 saturated carbocycles. The smallest absolute Gasteiger partial charge is 0.247 e. The molecular formula is C12H9FNO4S-. The van der Waals surface area contributed by atoms with Crippen LogP contribution in [0.1, 0.15) is 6.42 Å². The van der Waals surface area contributed by atoms with Gasteiger partial charge >= 0.3 is 0 Å². The van der Waals surface area contributed by atoms with E-state index in [9.17, 15) is 23.9 Å². The third-order valence-electron chi connectivity index (χ3n) is 2.59. The topological polar surface area (TPSA) is 77.5 Å². The molecule has 0 spiro atoms. The molecule has 1 aliphatic heterocycles. The fourth-order valence-corrected chi connectivity index (χ4v) is 2.61. The van der Waals surface area contributed by atoms with Crippen molar-refractivity contribution in [3.8, 4) is 0 Å². The summed E-state index contributed by atoms with van der Waals surface area (Å²) in [4.78, 5) is 35.1. The van der Waals surface area contributed by atoms with Crippen LogP contribution in [0.25, 0.3) is 0 Å². The van der Waals surface area contributed by atoms with Crippen molar-refractivity contribution in [1.29, 1.82) is 0 Å². The van der Waals surface area contributed by atoms with E-state index in [4.69, 9.17) is 0 Å². The van der Waals surface area contributed by atoms with Gasteiger partial charge in [-0.2, -0.15) is 0 Å². The van der Waals surface area contributed by atoms with Gasteiger partial charge in [-0.3, -0.25) is 9.59 Å². The van der Waals surface area contributed by atoms with Gasteiger partial charge in [0.05, 0.1) is 16.9 Å². The standard InChI is InChI=1S/C12H10FNO4S/c13-7-1-3-8(4-2-7)14-10(15)5-9(12(14)18)19-6-11(16)17/h1-4,9H,5-6H2,(H,16,17)/p-1/t9-/m1/s1. The van der Waals surface area contributed by atoms with Gasteiger partial charge in [-0.05, 0) is 24.3 Å². The lowest BCUT2D eigenvalue weighted by Crippen LogP contribution is -2.32. The van der Waals surface area contributed by atoms with E-state index in [0.717, 1.165) is 28.8 Å². The van der Waals surface area contributed by atoms with Crippen LogP contribution in [0.3, 0.4) is 0 Å². The van der Waals surface area contributed by atoms with Gasteiger partial charge in [0, 0.05) is 12.2 Å². The molecule has 1 aromatic carbocycles. The molecule has 0 bridgehead atoms. The summed E-state index contributed by atoms with van der Waals surface area (Å²) in [5.74, 6) is -3.01. The lowest BCUT2D eigenvalue weighted by atomic mass is 10.3. The first-order valence-corrected chi connectivity index (χ1v) is 6.47. The highest BCUT2D eigenvalue weighted by molar-refractivity contribution is 8.01. The Kier molecular flexibility index (Phi) is 3.84. The summed E-state index contributed by atoms with van der Waals surface area (Å²) in [7, 11) is 0. The summed E-state index contributed by atoms with van der Waals surface area (Å²) >= 11 is 0.857. The lowest BCUT2D eigenvalue weighted by molar-refractivity contribution is -0.301. The van der Waals surface area contributed by atoms with Crippen molar-refractivity contribution < 1.29 is 23.9 Å². The Balaban J connectivity index is 2.14. The highest BCUT2D eigenvalue weighted by Gasteiger charge is 2.39. The van der Waals surface area contributed by atoms with Gasteiger partial charge < -0.3 is 9.90 Å². The highest BCUT2D eigenvalue weighted by Crippen LogP contribution is 2.29. The Bertz CT molecular complexity index is 531. The number of benzene rings is 1. The summed E-state index contributed by atoms with van der Waals surface area (Å²) < 4.78 is 12.8. The number of carbonyl (C=O) groups excluding carboxylic acids is 3. The van der Waals surface area contributed by atoms with Crippen LogP contribution >= 0.6 is 11.8 Å². The Morgan fingerprint density at radius 3 is 2.58 bits per heavy atom. The van der Waals surface area contributed by atoms with E-state index in [2.05, 4.69) is 0 Å². The average Bonchev–Trinajstić information content (AvgIpc) is 2.63. The molecule has 100 valence electrons. The zero-order valence-electron chi connectivity index (χ0n) is 9.67. The molecule has 0 N–H and O–H groups in total. The quantitative estimate of drug-likeness (QED) is 0.723. The maximum absolute atomic E-state index is 12.8. The highest BCUT2D eigenvalue weighted by atomic mass is 32.2. The van der Waals surface area contributed by atoms with Crippen LogP contribution in [0, 0.1) is 5.82 Å². The molecule has 19 heavy (non-hydrogen) atoms. The molecule has 7 heteroatoms. The number of nitrogens with zero attached hydrogens (tertiary/aromatic N) is 1. The molecule has 0 aliphatic carbocycles. The Morgan fingerprint density at radius 2 is 2.00 bits per heavy atom. The summed E-state index contributed by atoms with van der Waals surface area (Å²) in [5.41, 5.74) is 0.285.